The summed E-state index contributed by atoms with van der Waals surface area (Å²) in [6.45, 7) is 1.12. The van der Waals surface area contributed by atoms with Gasteiger partial charge in [0.25, 0.3) is 0 Å². The van der Waals surface area contributed by atoms with E-state index in [1.54, 1.807) is 30.3 Å². The number of benzene rings is 1. The molecule has 1 aromatic rings. The maximum absolute atomic E-state index is 13.0. The van der Waals surface area contributed by atoms with Crippen LogP contribution in [0.4, 0.5) is 0 Å². The predicted molar refractivity (Wildman–Crippen MR) is 90.9 cm³/mol. The molecule has 0 bridgehead atoms. The maximum Gasteiger partial charge on any atom is 0.459 e. The number of para-hydroxylation sites is 1. The van der Waals surface area contributed by atoms with E-state index in [1.165, 1.54) is 21.1 Å². The largest absolute Gasteiger partial charge is 0.468 e. The van der Waals surface area contributed by atoms with Crippen LogP contribution in [0.1, 0.15) is 6.92 Å². The lowest BCUT2D eigenvalue weighted by Gasteiger charge is -2.25. The van der Waals surface area contributed by atoms with Crippen LogP contribution in [0.15, 0.2) is 30.3 Å². The van der Waals surface area contributed by atoms with Gasteiger partial charge in [0.2, 0.25) is 0 Å². The Morgan fingerprint density at radius 3 is 2.52 bits per heavy atom. The van der Waals surface area contributed by atoms with Gasteiger partial charge in [-0.3, -0.25) is 9.32 Å². The quantitative estimate of drug-likeness (QED) is 0.361. The average molecular weight is 371 g/mol. The molecule has 1 aromatic carbocycles. The highest BCUT2D eigenvalue weighted by Gasteiger charge is 2.33. The molecule has 1 rings (SSSR count). The van der Waals surface area contributed by atoms with Crippen molar-refractivity contribution in [1.29, 1.82) is 0 Å². The topological polar surface area (TPSA) is 103 Å². The molecular formula is C16H22NO7P. The van der Waals surface area contributed by atoms with E-state index < -0.39 is 32.0 Å². The van der Waals surface area contributed by atoms with Crippen LogP contribution in [0, 0.1) is 12.3 Å². The Labute approximate surface area is 147 Å². The Kier molecular flexibility index (Phi) is 8.62. The molecule has 0 fully saturated rings. The molecule has 0 heterocycles. The Morgan fingerprint density at radius 1 is 1.36 bits per heavy atom. The molecule has 25 heavy (non-hydrogen) atoms. The van der Waals surface area contributed by atoms with Gasteiger partial charge in [-0.2, -0.15) is 5.09 Å². The summed E-state index contributed by atoms with van der Waals surface area (Å²) in [5, 5.41) is 12.1. The molecule has 9 heteroatoms. The van der Waals surface area contributed by atoms with Gasteiger partial charge in [-0.1, -0.05) is 24.1 Å². The van der Waals surface area contributed by atoms with E-state index in [2.05, 4.69) is 15.7 Å². The van der Waals surface area contributed by atoms with Gasteiger partial charge in [0.05, 0.1) is 13.7 Å². The molecule has 0 saturated heterocycles. The van der Waals surface area contributed by atoms with Crippen molar-refractivity contribution in [2.24, 2.45) is 0 Å². The fourth-order valence-electron chi connectivity index (χ4n) is 1.74. The molecule has 0 aliphatic rings. The number of ether oxygens (including phenoxy) is 2. The summed E-state index contributed by atoms with van der Waals surface area (Å²) in [6.07, 6.45) is 2.96. The van der Waals surface area contributed by atoms with Gasteiger partial charge in [-0.05, 0) is 19.1 Å². The number of aliphatic hydroxyl groups excluding tert-OH is 1. The second-order valence-electron chi connectivity index (χ2n) is 4.96. The molecule has 0 amide bonds. The highest BCUT2D eigenvalue weighted by molar-refractivity contribution is 7.52. The van der Waals surface area contributed by atoms with E-state index in [0.29, 0.717) is 0 Å². The average Bonchev–Trinajstić information content (AvgIpc) is 2.61. The maximum atomic E-state index is 13.0. The molecule has 2 N–H and O–H groups in total. The van der Waals surface area contributed by atoms with E-state index in [0.717, 1.165) is 0 Å². The third kappa shape index (κ3) is 6.86. The first-order valence-electron chi connectivity index (χ1n) is 7.37. The van der Waals surface area contributed by atoms with Crippen molar-refractivity contribution >= 4 is 13.7 Å². The van der Waals surface area contributed by atoms with Crippen LogP contribution < -0.4 is 9.61 Å². The van der Waals surface area contributed by atoms with Crippen molar-refractivity contribution in [3.05, 3.63) is 30.3 Å². The molecule has 1 unspecified atom stereocenters. The van der Waals surface area contributed by atoms with Crippen molar-refractivity contribution in [3.63, 3.8) is 0 Å². The molecule has 0 radical (unpaired) electrons. The molecule has 0 aliphatic carbocycles. The molecule has 138 valence electrons. The molecule has 0 aliphatic heterocycles. The number of carbonyl (C=O) groups excluding carboxylic acids is 1. The van der Waals surface area contributed by atoms with Crippen molar-refractivity contribution in [2.75, 3.05) is 20.8 Å². The van der Waals surface area contributed by atoms with Crippen LogP contribution >= 0.6 is 7.75 Å². The molecule has 0 aromatic heterocycles. The molecular weight excluding hydrogens is 349 g/mol. The number of methoxy groups -OCH3 is 2. The Balaban J connectivity index is 2.92. The normalized spacial score (nSPS) is 16.8. The predicted octanol–water partition coefficient (Wildman–Crippen LogP) is 1.35. The number of esters is 1. The summed E-state index contributed by atoms with van der Waals surface area (Å²) in [7, 11) is -1.47. The lowest BCUT2D eigenvalue weighted by molar-refractivity contribution is -0.142. The van der Waals surface area contributed by atoms with Crippen LogP contribution in [0.2, 0.25) is 0 Å². The fourth-order valence-corrected chi connectivity index (χ4v) is 3.25. The van der Waals surface area contributed by atoms with Crippen LogP contribution in [0.3, 0.4) is 0 Å². The number of terminal acetylenes is 1. The SMILES string of the molecule is C#C[C@H](O)[C@H](COP(=O)(N[C@@H](C)C(=O)OC)Oc1ccccc1)OC. The number of nitrogens with one attached hydrogen (secondary N) is 1. The minimum atomic E-state index is -3.99. The Hall–Kier alpha value is -1.88. The van der Waals surface area contributed by atoms with E-state index >= 15 is 0 Å². The number of hydrogen-bond donors (Lipinski definition) is 2. The van der Waals surface area contributed by atoms with Crippen molar-refractivity contribution < 1.29 is 33.0 Å². The van der Waals surface area contributed by atoms with Gasteiger partial charge in [0, 0.05) is 7.11 Å². The summed E-state index contributed by atoms with van der Waals surface area (Å²) >= 11 is 0. The zero-order chi connectivity index (χ0) is 18.9. The standard InChI is InChI=1S/C16H22NO7P/c1-5-14(18)15(21-3)11-23-25(20,17-12(2)16(19)22-4)24-13-9-7-6-8-10-13/h1,6-10,12,14-15,18H,11H2,2-4H3,(H,17,20)/t12-,14-,15-,25?/m0/s1. The highest BCUT2D eigenvalue weighted by Crippen LogP contribution is 2.45. The lowest BCUT2D eigenvalue weighted by Crippen LogP contribution is -2.36. The summed E-state index contributed by atoms with van der Waals surface area (Å²) in [5.74, 6) is 1.72. The Bertz CT molecular complexity index is 631. The second kappa shape index (κ2) is 10.2. The molecule has 8 nitrogen and oxygen atoms in total. The zero-order valence-electron chi connectivity index (χ0n) is 14.2. The second-order valence-corrected chi connectivity index (χ2v) is 6.65. The zero-order valence-corrected chi connectivity index (χ0v) is 15.1. The van der Waals surface area contributed by atoms with Gasteiger partial charge >= 0.3 is 13.7 Å². The van der Waals surface area contributed by atoms with Gasteiger partial charge in [0.1, 0.15) is 24.0 Å². The third-order valence-corrected chi connectivity index (χ3v) is 4.75. The molecule has 0 saturated carbocycles. The first-order valence-corrected chi connectivity index (χ1v) is 8.91. The Morgan fingerprint density at radius 2 is 2.00 bits per heavy atom. The van der Waals surface area contributed by atoms with Gasteiger partial charge in [-0.15, -0.1) is 6.42 Å². The first kappa shape index (κ1) is 21.2. The minimum Gasteiger partial charge on any atom is -0.468 e. The molecule has 4 atom stereocenters. The van der Waals surface area contributed by atoms with Gasteiger partial charge in [-0.25, -0.2) is 4.57 Å². The summed E-state index contributed by atoms with van der Waals surface area (Å²) in [5.41, 5.74) is 0. The van der Waals surface area contributed by atoms with Crippen molar-refractivity contribution in [1.82, 2.24) is 5.09 Å². The summed E-state index contributed by atoms with van der Waals surface area (Å²) in [6, 6.07) is 7.31. The smallest absolute Gasteiger partial charge is 0.459 e. The number of rotatable bonds is 10. The van der Waals surface area contributed by atoms with Crippen molar-refractivity contribution in [3.8, 4) is 18.1 Å². The van der Waals surface area contributed by atoms with Crippen LogP contribution in [0.25, 0.3) is 0 Å². The monoisotopic (exact) mass is 371 g/mol. The van der Waals surface area contributed by atoms with Crippen LogP contribution in [0.5, 0.6) is 5.75 Å². The van der Waals surface area contributed by atoms with E-state index in [1.807, 2.05) is 0 Å². The lowest BCUT2D eigenvalue weighted by atomic mass is 10.2. The van der Waals surface area contributed by atoms with E-state index in [9.17, 15) is 14.5 Å². The highest BCUT2D eigenvalue weighted by atomic mass is 31.2. The van der Waals surface area contributed by atoms with Gasteiger partial charge in [0.15, 0.2) is 0 Å². The van der Waals surface area contributed by atoms with Gasteiger partial charge < -0.3 is 19.1 Å². The first-order chi connectivity index (χ1) is 11.8. The third-order valence-electron chi connectivity index (χ3n) is 3.11. The van der Waals surface area contributed by atoms with Crippen molar-refractivity contribution in [2.45, 2.75) is 25.2 Å². The fraction of sp³-hybridized carbons (Fsp3) is 0.438. The summed E-state index contributed by atoms with van der Waals surface area (Å²) in [4.78, 5) is 11.6. The van der Waals surface area contributed by atoms with Crippen LogP contribution in [-0.2, 0) is 23.4 Å². The van der Waals surface area contributed by atoms with Crippen LogP contribution in [-0.4, -0.2) is 50.2 Å². The number of hydrogen-bond acceptors (Lipinski definition) is 7. The number of carbonyl (C=O) groups is 1. The number of aliphatic hydroxyl groups is 1. The summed E-state index contributed by atoms with van der Waals surface area (Å²) < 4.78 is 33.3. The minimum absolute atomic E-state index is 0.266. The molecule has 0 spiro atoms. The van der Waals surface area contributed by atoms with E-state index in [4.69, 9.17) is 20.2 Å². The van der Waals surface area contributed by atoms with E-state index in [-0.39, 0.29) is 12.4 Å².